The van der Waals surface area contributed by atoms with Gasteiger partial charge in [0, 0.05) is 0 Å². The van der Waals surface area contributed by atoms with E-state index in [0.717, 1.165) is 0 Å². The molecule has 0 fully saturated rings. The summed E-state index contributed by atoms with van der Waals surface area (Å²) < 4.78 is 52.5. The third-order valence-electron chi connectivity index (χ3n) is 0.844. The van der Waals surface area contributed by atoms with Gasteiger partial charge in [0.25, 0.3) is 0 Å². The summed E-state index contributed by atoms with van der Waals surface area (Å²) in [7, 11) is -10.6. The molecule has 0 radical (unpaired) electrons. The lowest BCUT2D eigenvalue weighted by Crippen LogP contribution is -2.11. The van der Waals surface area contributed by atoms with Gasteiger partial charge in [0.1, 0.15) is 0 Å². The van der Waals surface area contributed by atoms with E-state index in [2.05, 4.69) is 19.9 Å². The summed E-state index contributed by atoms with van der Waals surface area (Å²) in [5.41, 5.74) is 1.38. The van der Waals surface area contributed by atoms with E-state index in [0.29, 0.717) is 0 Å². The second-order valence-corrected chi connectivity index (χ2v) is 6.46. The minimum atomic E-state index is -5.31. The highest BCUT2D eigenvalue weighted by molar-refractivity contribution is 8.62. The fourth-order valence-electron chi connectivity index (χ4n) is 0. The predicted molar refractivity (Wildman–Crippen MR) is 48.2 cm³/mol. The fraction of sp³-hybridized carbons (Fsp3) is 0.600. The lowest BCUT2D eigenvalue weighted by Gasteiger charge is -1.84. The SMILES string of the molecule is CC=C(C)C.O=S(=O)(O)S(=O)(=O)O. The lowest BCUT2D eigenvalue weighted by molar-refractivity contribution is 0.460. The van der Waals surface area contributed by atoms with Gasteiger partial charge in [-0.1, -0.05) is 11.6 Å². The van der Waals surface area contributed by atoms with Crippen LogP contribution in [0.3, 0.4) is 0 Å². The van der Waals surface area contributed by atoms with Gasteiger partial charge in [0.2, 0.25) is 0 Å². The molecule has 0 aromatic carbocycles. The van der Waals surface area contributed by atoms with Crippen LogP contribution in [0.15, 0.2) is 11.6 Å². The van der Waals surface area contributed by atoms with Crippen LogP contribution in [0.4, 0.5) is 0 Å². The van der Waals surface area contributed by atoms with E-state index < -0.39 is 18.3 Å². The smallest absolute Gasteiger partial charge is 0.272 e. The van der Waals surface area contributed by atoms with Crippen LogP contribution in [-0.4, -0.2) is 25.9 Å². The Morgan fingerprint density at radius 3 is 1.15 bits per heavy atom. The maximum atomic E-state index is 9.37. The molecule has 0 heterocycles. The summed E-state index contributed by atoms with van der Waals surface area (Å²) >= 11 is 0. The maximum absolute atomic E-state index is 9.37. The molecule has 0 aliphatic heterocycles. The molecule has 0 bridgehead atoms. The number of allylic oxidation sites excluding steroid dienone is 2. The molecular weight excluding hydrogens is 220 g/mol. The van der Waals surface area contributed by atoms with E-state index in [1.807, 2.05) is 6.92 Å². The van der Waals surface area contributed by atoms with Crippen molar-refractivity contribution in [3.8, 4) is 0 Å². The average Bonchev–Trinajstić information content (AvgIpc) is 1.84. The molecule has 0 spiro atoms. The Labute approximate surface area is 77.2 Å². The van der Waals surface area contributed by atoms with Crippen molar-refractivity contribution < 1.29 is 25.9 Å². The zero-order valence-corrected chi connectivity index (χ0v) is 9.05. The Bertz CT molecular complexity index is 326. The molecule has 8 heteroatoms. The topological polar surface area (TPSA) is 109 Å². The minimum absolute atomic E-state index is 1.38. The molecule has 0 unspecified atom stereocenters. The van der Waals surface area contributed by atoms with Crippen molar-refractivity contribution >= 4 is 18.3 Å². The summed E-state index contributed by atoms with van der Waals surface area (Å²) in [5.74, 6) is 0. The summed E-state index contributed by atoms with van der Waals surface area (Å²) in [6.07, 6.45) is 2.08. The molecule has 0 rings (SSSR count). The second kappa shape index (κ2) is 5.32. The third-order valence-corrected chi connectivity index (χ3v) is 2.97. The zero-order chi connectivity index (χ0) is 11.3. The molecule has 2 N–H and O–H groups in total. The van der Waals surface area contributed by atoms with Gasteiger partial charge in [-0.15, -0.1) is 0 Å². The van der Waals surface area contributed by atoms with Crippen LogP contribution >= 0.6 is 0 Å². The van der Waals surface area contributed by atoms with Crippen molar-refractivity contribution in [3.05, 3.63) is 11.6 Å². The lowest BCUT2D eigenvalue weighted by atomic mass is 10.3. The molecule has 0 aromatic heterocycles. The standard InChI is InChI=1S/C5H10.H2O6S2/c1-4-5(2)3;1-7(2,3)8(4,5)6/h4H,1-3H3;(H,1,2,3)(H,4,5,6). The number of hydrogen-bond acceptors (Lipinski definition) is 4. The normalized spacial score (nSPS) is 11.2. The highest BCUT2D eigenvalue weighted by Gasteiger charge is 2.22. The first-order chi connectivity index (χ1) is 5.52. The van der Waals surface area contributed by atoms with Crippen molar-refractivity contribution in [2.45, 2.75) is 20.8 Å². The molecule has 80 valence electrons. The van der Waals surface area contributed by atoms with E-state index in [-0.39, 0.29) is 0 Å². The predicted octanol–water partition coefficient (Wildman–Crippen LogP) is 0.650. The van der Waals surface area contributed by atoms with E-state index >= 15 is 0 Å². The van der Waals surface area contributed by atoms with E-state index in [9.17, 15) is 16.8 Å². The summed E-state index contributed by atoms with van der Waals surface area (Å²) in [6.45, 7) is 6.20. The Morgan fingerprint density at radius 2 is 1.15 bits per heavy atom. The average molecular weight is 232 g/mol. The van der Waals surface area contributed by atoms with Gasteiger partial charge >= 0.3 is 18.3 Å². The van der Waals surface area contributed by atoms with Crippen LogP contribution in [-0.2, 0) is 18.3 Å². The molecule has 13 heavy (non-hydrogen) atoms. The van der Waals surface area contributed by atoms with E-state index in [4.69, 9.17) is 9.11 Å². The van der Waals surface area contributed by atoms with Gasteiger partial charge in [0.15, 0.2) is 0 Å². The number of rotatable bonds is 1. The Kier molecular flexibility index (Phi) is 6.16. The zero-order valence-electron chi connectivity index (χ0n) is 7.42. The molecule has 0 aromatic rings. The van der Waals surface area contributed by atoms with Crippen LogP contribution in [0.1, 0.15) is 20.8 Å². The van der Waals surface area contributed by atoms with Crippen LogP contribution < -0.4 is 0 Å². The molecule has 0 amide bonds. The molecule has 6 nitrogen and oxygen atoms in total. The van der Waals surface area contributed by atoms with Gasteiger partial charge < -0.3 is 0 Å². The summed E-state index contributed by atoms with van der Waals surface area (Å²) in [5, 5.41) is 0. The first kappa shape index (κ1) is 15.1. The monoisotopic (exact) mass is 232 g/mol. The van der Waals surface area contributed by atoms with Crippen LogP contribution in [0, 0.1) is 0 Å². The van der Waals surface area contributed by atoms with Crippen molar-refractivity contribution in [1.82, 2.24) is 0 Å². The number of hydrogen-bond donors (Lipinski definition) is 2. The van der Waals surface area contributed by atoms with Crippen LogP contribution in [0.5, 0.6) is 0 Å². The largest absolute Gasteiger partial charge is 0.397 e. The maximum Gasteiger partial charge on any atom is 0.397 e. The van der Waals surface area contributed by atoms with Crippen molar-refractivity contribution in [1.29, 1.82) is 0 Å². The fourth-order valence-corrected chi connectivity index (χ4v) is 0. The highest BCUT2D eigenvalue weighted by atomic mass is 33.2. The molecule has 0 aliphatic carbocycles. The third kappa shape index (κ3) is 9.47. The first-order valence-corrected chi connectivity index (χ1v) is 6.46. The molecule has 0 saturated heterocycles. The Hall–Kier alpha value is -0.440. The molecular formula is C5H12O6S2. The molecule has 0 aliphatic rings. The minimum Gasteiger partial charge on any atom is -0.272 e. The Balaban J connectivity index is 0. The van der Waals surface area contributed by atoms with Crippen LogP contribution in [0.2, 0.25) is 0 Å². The second-order valence-electron chi connectivity index (χ2n) is 2.22. The van der Waals surface area contributed by atoms with Crippen LogP contribution in [0.25, 0.3) is 0 Å². The van der Waals surface area contributed by atoms with E-state index in [1.54, 1.807) is 0 Å². The van der Waals surface area contributed by atoms with Gasteiger partial charge in [0.05, 0.1) is 0 Å². The summed E-state index contributed by atoms with van der Waals surface area (Å²) in [4.78, 5) is 0. The summed E-state index contributed by atoms with van der Waals surface area (Å²) in [6, 6.07) is 0. The first-order valence-electron chi connectivity index (χ1n) is 3.06. The molecule has 0 atom stereocenters. The van der Waals surface area contributed by atoms with Gasteiger partial charge in [-0.25, -0.2) is 0 Å². The van der Waals surface area contributed by atoms with Gasteiger partial charge in [-0.05, 0) is 20.8 Å². The molecule has 0 saturated carbocycles. The van der Waals surface area contributed by atoms with Gasteiger partial charge in [-0.3, -0.25) is 9.11 Å². The quantitative estimate of drug-likeness (QED) is 0.390. The van der Waals surface area contributed by atoms with Crippen molar-refractivity contribution in [2.24, 2.45) is 0 Å². The van der Waals surface area contributed by atoms with E-state index in [1.165, 1.54) is 5.57 Å². The van der Waals surface area contributed by atoms with Crippen molar-refractivity contribution in [3.63, 3.8) is 0 Å². The Morgan fingerprint density at radius 1 is 1.00 bits per heavy atom. The van der Waals surface area contributed by atoms with Gasteiger partial charge in [-0.2, -0.15) is 16.8 Å². The highest BCUT2D eigenvalue weighted by Crippen LogP contribution is 1.90. The van der Waals surface area contributed by atoms with Crippen molar-refractivity contribution in [2.75, 3.05) is 0 Å².